The first-order valence-electron chi connectivity index (χ1n) is 8.98. The summed E-state index contributed by atoms with van der Waals surface area (Å²) >= 11 is 6.66. The van der Waals surface area contributed by atoms with Crippen LogP contribution in [0.15, 0.2) is 36.4 Å². The van der Waals surface area contributed by atoms with Crippen molar-refractivity contribution in [3.63, 3.8) is 0 Å². The van der Waals surface area contributed by atoms with Gasteiger partial charge in [-0.3, -0.25) is 0 Å². The summed E-state index contributed by atoms with van der Waals surface area (Å²) in [7, 11) is 2.14. The van der Waals surface area contributed by atoms with Gasteiger partial charge in [-0.25, -0.2) is 4.39 Å². The second-order valence-electron chi connectivity index (χ2n) is 6.88. The normalized spacial score (nSPS) is 16.9. The molecular formula is C21H26ClFN2. The van der Waals surface area contributed by atoms with Gasteiger partial charge in [-0.15, -0.1) is 0 Å². The lowest BCUT2D eigenvalue weighted by Crippen LogP contribution is -2.44. The molecule has 1 aliphatic rings. The number of likely N-dealkylation sites (N-methyl/N-ethyl adjacent to an activating group) is 1. The van der Waals surface area contributed by atoms with Gasteiger partial charge in [0.2, 0.25) is 0 Å². The van der Waals surface area contributed by atoms with Crippen LogP contribution >= 0.6 is 11.6 Å². The summed E-state index contributed by atoms with van der Waals surface area (Å²) in [5, 5.41) is 0.543. The average molecular weight is 361 g/mol. The minimum Gasteiger partial charge on any atom is -0.369 e. The van der Waals surface area contributed by atoms with Gasteiger partial charge in [0.15, 0.2) is 0 Å². The molecule has 0 bridgehead atoms. The SMILES string of the molecule is CC[C@H](F)c1cc(N2CCN(C)CC2)cc(-c2ccccc2C)c1Cl. The van der Waals surface area contributed by atoms with Crippen LogP contribution in [0.2, 0.25) is 5.02 Å². The first-order valence-corrected chi connectivity index (χ1v) is 9.36. The number of alkyl halides is 1. The fourth-order valence-corrected chi connectivity index (χ4v) is 3.73. The molecule has 1 fully saturated rings. The Hall–Kier alpha value is -1.58. The third kappa shape index (κ3) is 3.83. The number of hydrogen-bond acceptors (Lipinski definition) is 2. The Labute approximate surface area is 155 Å². The van der Waals surface area contributed by atoms with Gasteiger partial charge in [-0.2, -0.15) is 0 Å². The number of aryl methyl sites for hydroxylation is 1. The maximum absolute atomic E-state index is 14.6. The maximum Gasteiger partial charge on any atom is 0.126 e. The Kier molecular flexibility index (Phi) is 5.65. The number of anilines is 1. The predicted molar refractivity (Wildman–Crippen MR) is 105 cm³/mol. The van der Waals surface area contributed by atoms with Crippen LogP contribution in [-0.4, -0.2) is 38.1 Å². The van der Waals surface area contributed by atoms with E-state index in [1.165, 1.54) is 0 Å². The number of halogens is 2. The fraction of sp³-hybridized carbons (Fsp3) is 0.429. The number of benzene rings is 2. The van der Waals surface area contributed by atoms with E-state index in [0.717, 1.165) is 48.6 Å². The zero-order chi connectivity index (χ0) is 18.0. The average Bonchev–Trinajstić information content (AvgIpc) is 2.63. The lowest BCUT2D eigenvalue weighted by atomic mass is 9.95. The Bertz CT molecular complexity index is 739. The van der Waals surface area contributed by atoms with Gasteiger partial charge < -0.3 is 9.80 Å². The quantitative estimate of drug-likeness (QED) is 0.711. The molecule has 2 nitrogen and oxygen atoms in total. The molecule has 1 aliphatic heterocycles. The summed E-state index contributed by atoms with van der Waals surface area (Å²) in [5.41, 5.74) is 4.84. The molecule has 1 atom stereocenters. The minimum atomic E-state index is -1.04. The molecule has 134 valence electrons. The van der Waals surface area contributed by atoms with E-state index < -0.39 is 6.17 Å². The van der Waals surface area contributed by atoms with Crippen LogP contribution in [0.1, 0.15) is 30.6 Å². The van der Waals surface area contributed by atoms with Crippen molar-refractivity contribution >= 4 is 17.3 Å². The molecule has 2 aromatic carbocycles. The molecule has 4 heteroatoms. The maximum atomic E-state index is 14.6. The van der Waals surface area contributed by atoms with Gasteiger partial charge in [0.1, 0.15) is 6.17 Å². The van der Waals surface area contributed by atoms with Gasteiger partial charge in [-0.05, 0) is 43.7 Å². The molecule has 0 unspecified atom stereocenters. The molecule has 3 rings (SSSR count). The zero-order valence-electron chi connectivity index (χ0n) is 15.2. The molecular weight excluding hydrogens is 335 g/mol. The van der Waals surface area contributed by atoms with Gasteiger partial charge in [0, 0.05) is 43.0 Å². The van der Waals surface area contributed by atoms with E-state index in [4.69, 9.17) is 11.6 Å². The molecule has 0 aliphatic carbocycles. The molecule has 25 heavy (non-hydrogen) atoms. The second kappa shape index (κ2) is 7.76. The smallest absolute Gasteiger partial charge is 0.126 e. The predicted octanol–water partition coefficient (Wildman–Crippen LogP) is 5.49. The van der Waals surface area contributed by atoms with Crippen molar-refractivity contribution in [2.75, 3.05) is 38.1 Å². The van der Waals surface area contributed by atoms with Crippen LogP contribution in [0, 0.1) is 6.92 Å². The van der Waals surface area contributed by atoms with E-state index >= 15 is 0 Å². The Morgan fingerprint density at radius 1 is 1.08 bits per heavy atom. The largest absolute Gasteiger partial charge is 0.369 e. The highest BCUT2D eigenvalue weighted by molar-refractivity contribution is 6.34. The van der Waals surface area contributed by atoms with Crippen molar-refractivity contribution in [2.24, 2.45) is 0 Å². The van der Waals surface area contributed by atoms with Crippen molar-refractivity contribution in [1.29, 1.82) is 0 Å². The van der Waals surface area contributed by atoms with Crippen molar-refractivity contribution < 1.29 is 4.39 Å². The van der Waals surface area contributed by atoms with Crippen LogP contribution in [0.5, 0.6) is 0 Å². The molecule has 1 saturated heterocycles. The van der Waals surface area contributed by atoms with E-state index in [9.17, 15) is 4.39 Å². The topological polar surface area (TPSA) is 6.48 Å². The summed E-state index contributed by atoms with van der Waals surface area (Å²) in [6, 6.07) is 12.2. The summed E-state index contributed by atoms with van der Waals surface area (Å²) in [6.45, 7) is 7.87. The molecule has 1 heterocycles. The lowest BCUT2D eigenvalue weighted by molar-refractivity contribution is 0.312. The number of piperazine rings is 1. The third-order valence-electron chi connectivity index (χ3n) is 5.09. The number of nitrogens with zero attached hydrogens (tertiary/aromatic N) is 2. The standard InChI is InChI=1S/C21H26ClFN2/c1-4-20(23)19-14-16(25-11-9-24(3)10-12-25)13-18(21(19)22)17-8-6-5-7-15(17)2/h5-8,13-14,20H,4,9-12H2,1-3H3/t20-/m0/s1. The van der Waals surface area contributed by atoms with Gasteiger partial charge in [0.25, 0.3) is 0 Å². The molecule has 0 amide bonds. The van der Waals surface area contributed by atoms with Crippen LogP contribution in [0.25, 0.3) is 11.1 Å². The van der Waals surface area contributed by atoms with Gasteiger partial charge in [-0.1, -0.05) is 42.8 Å². The van der Waals surface area contributed by atoms with Crippen molar-refractivity contribution in [3.05, 3.63) is 52.5 Å². The number of hydrogen-bond donors (Lipinski definition) is 0. The molecule has 0 aromatic heterocycles. The van der Waals surface area contributed by atoms with Crippen molar-refractivity contribution in [1.82, 2.24) is 4.90 Å². The van der Waals surface area contributed by atoms with Crippen LogP contribution in [0.3, 0.4) is 0 Å². The summed E-state index contributed by atoms with van der Waals surface area (Å²) in [4.78, 5) is 4.66. The molecule has 2 aromatic rings. The second-order valence-corrected chi connectivity index (χ2v) is 7.26. The highest BCUT2D eigenvalue weighted by Crippen LogP contribution is 2.40. The van der Waals surface area contributed by atoms with E-state index in [0.29, 0.717) is 17.0 Å². The van der Waals surface area contributed by atoms with Gasteiger partial charge >= 0.3 is 0 Å². The lowest BCUT2D eigenvalue weighted by Gasteiger charge is -2.35. The first-order chi connectivity index (χ1) is 12.0. The van der Waals surface area contributed by atoms with Crippen LogP contribution in [0.4, 0.5) is 10.1 Å². The van der Waals surface area contributed by atoms with Crippen LogP contribution < -0.4 is 4.90 Å². The fourth-order valence-electron chi connectivity index (χ4n) is 3.40. The zero-order valence-corrected chi connectivity index (χ0v) is 16.0. The minimum absolute atomic E-state index is 0.430. The Morgan fingerprint density at radius 2 is 1.76 bits per heavy atom. The highest BCUT2D eigenvalue weighted by atomic mass is 35.5. The van der Waals surface area contributed by atoms with Gasteiger partial charge in [0.05, 0.1) is 5.02 Å². The third-order valence-corrected chi connectivity index (χ3v) is 5.51. The Morgan fingerprint density at radius 3 is 2.40 bits per heavy atom. The molecule has 0 saturated carbocycles. The first kappa shape index (κ1) is 18.2. The van der Waals surface area contributed by atoms with Crippen molar-refractivity contribution in [3.8, 4) is 11.1 Å². The summed E-state index contributed by atoms with van der Waals surface area (Å²) < 4.78 is 14.6. The van der Waals surface area contributed by atoms with E-state index in [1.807, 2.05) is 25.1 Å². The van der Waals surface area contributed by atoms with Crippen molar-refractivity contribution in [2.45, 2.75) is 26.4 Å². The highest BCUT2D eigenvalue weighted by Gasteiger charge is 2.21. The molecule has 0 spiro atoms. The Balaban J connectivity index is 2.10. The van der Waals surface area contributed by atoms with E-state index in [-0.39, 0.29) is 0 Å². The van der Waals surface area contributed by atoms with Crippen LogP contribution in [-0.2, 0) is 0 Å². The molecule has 0 radical (unpaired) electrons. The molecule has 0 N–H and O–H groups in total. The number of rotatable bonds is 4. The monoisotopic (exact) mass is 360 g/mol. The van der Waals surface area contributed by atoms with E-state index in [1.54, 1.807) is 0 Å². The summed E-state index contributed by atoms with van der Waals surface area (Å²) in [6.07, 6.45) is -0.609. The van der Waals surface area contributed by atoms with E-state index in [2.05, 4.69) is 42.0 Å². The summed E-state index contributed by atoms with van der Waals surface area (Å²) in [5.74, 6) is 0.